The molecular weight excluding hydrogens is 384 g/mol. The highest BCUT2D eigenvalue weighted by Gasteiger charge is 2.47. The molecule has 27 heavy (non-hydrogen) atoms. The molecule has 2 fully saturated rings. The van der Waals surface area contributed by atoms with Crippen LogP contribution < -0.4 is 15.5 Å². The van der Waals surface area contributed by atoms with Gasteiger partial charge in [0.25, 0.3) is 0 Å². The Labute approximate surface area is 168 Å². The fraction of sp³-hybridized carbons (Fsp3) is 0.429. The normalized spacial score (nSPS) is 23.2. The predicted octanol–water partition coefficient (Wildman–Crippen LogP) is 6.48. The molecule has 0 saturated heterocycles. The summed E-state index contributed by atoms with van der Waals surface area (Å²) in [5.74, 6) is -0.238. The summed E-state index contributed by atoms with van der Waals surface area (Å²) in [6.45, 7) is 0. The molecule has 2 saturated carbocycles. The van der Waals surface area contributed by atoms with Crippen LogP contribution in [0.1, 0.15) is 38.5 Å². The van der Waals surface area contributed by atoms with E-state index in [1.165, 1.54) is 31.7 Å². The summed E-state index contributed by atoms with van der Waals surface area (Å²) in [4.78, 5) is 2.35. The third-order valence-corrected chi connectivity index (χ3v) is 7.05. The second-order valence-electron chi connectivity index (χ2n) is 8.09. The third kappa shape index (κ3) is 3.13. The monoisotopic (exact) mass is 405 g/mol. The van der Waals surface area contributed by atoms with Crippen LogP contribution in [0, 0.1) is 11.2 Å². The Hall–Kier alpha value is -1.65. The number of hydrogen-bond acceptors (Lipinski definition) is 3. The molecule has 2 N–H and O–H groups in total. The van der Waals surface area contributed by atoms with Gasteiger partial charge in [-0.2, -0.15) is 0 Å². The zero-order valence-corrected chi connectivity index (χ0v) is 16.5. The number of hydrogen-bond donors (Lipinski definition) is 2. The molecule has 2 aliphatic carbocycles. The zero-order chi connectivity index (χ0) is 18.6. The number of anilines is 3. The van der Waals surface area contributed by atoms with Gasteiger partial charge in [0.15, 0.2) is 6.29 Å². The first kappa shape index (κ1) is 17.4. The number of nitrogens with zero attached hydrogens (tertiary/aromatic N) is 1. The Morgan fingerprint density at radius 1 is 1.04 bits per heavy atom. The van der Waals surface area contributed by atoms with Crippen LogP contribution in [0.5, 0.6) is 0 Å². The van der Waals surface area contributed by atoms with E-state index >= 15 is 0 Å². The molecule has 1 aliphatic heterocycles. The molecular formula is C21H22Cl2FN3. The van der Waals surface area contributed by atoms with Crippen molar-refractivity contribution >= 4 is 40.3 Å². The highest BCUT2D eigenvalue weighted by Crippen LogP contribution is 2.57. The number of benzene rings is 2. The number of fused-ring (bicyclic) bond motifs is 1. The zero-order valence-electron chi connectivity index (χ0n) is 14.9. The van der Waals surface area contributed by atoms with E-state index in [1.807, 2.05) is 24.3 Å². The van der Waals surface area contributed by atoms with E-state index in [-0.39, 0.29) is 12.1 Å². The molecule has 2 aromatic rings. The van der Waals surface area contributed by atoms with Crippen LogP contribution in [0.4, 0.5) is 21.5 Å². The van der Waals surface area contributed by atoms with Gasteiger partial charge >= 0.3 is 0 Å². The first-order valence-corrected chi connectivity index (χ1v) is 10.4. The first-order chi connectivity index (χ1) is 13.0. The highest BCUT2D eigenvalue weighted by atomic mass is 35.5. The van der Waals surface area contributed by atoms with Crippen molar-refractivity contribution in [2.24, 2.45) is 5.41 Å². The van der Waals surface area contributed by atoms with Crippen LogP contribution in [-0.4, -0.2) is 12.3 Å². The summed E-state index contributed by atoms with van der Waals surface area (Å²) >= 11 is 12.7. The molecule has 1 heterocycles. The van der Waals surface area contributed by atoms with Gasteiger partial charge < -0.3 is 15.5 Å². The Balaban J connectivity index is 1.46. The topological polar surface area (TPSA) is 27.3 Å². The minimum absolute atomic E-state index is 0.211. The Morgan fingerprint density at radius 2 is 1.74 bits per heavy atom. The van der Waals surface area contributed by atoms with Crippen molar-refractivity contribution in [1.29, 1.82) is 0 Å². The van der Waals surface area contributed by atoms with Crippen LogP contribution in [0.3, 0.4) is 0 Å². The average molecular weight is 406 g/mol. The van der Waals surface area contributed by atoms with E-state index in [4.69, 9.17) is 23.2 Å². The van der Waals surface area contributed by atoms with Crippen molar-refractivity contribution in [1.82, 2.24) is 0 Å². The van der Waals surface area contributed by atoms with Crippen LogP contribution in [0.25, 0.3) is 0 Å². The van der Waals surface area contributed by atoms with Gasteiger partial charge in [0.1, 0.15) is 5.82 Å². The second-order valence-corrected chi connectivity index (χ2v) is 8.90. The van der Waals surface area contributed by atoms with Gasteiger partial charge in [-0.15, -0.1) is 0 Å². The highest BCUT2D eigenvalue weighted by molar-refractivity contribution is 6.39. The van der Waals surface area contributed by atoms with Crippen molar-refractivity contribution in [3.05, 3.63) is 52.3 Å². The fourth-order valence-corrected chi connectivity index (χ4v) is 5.17. The predicted molar refractivity (Wildman–Crippen MR) is 110 cm³/mol. The van der Waals surface area contributed by atoms with Gasteiger partial charge in [-0.25, -0.2) is 4.39 Å². The van der Waals surface area contributed by atoms with Gasteiger partial charge in [-0.1, -0.05) is 29.3 Å². The second kappa shape index (κ2) is 6.46. The maximum absolute atomic E-state index is 13.8. The molecule has 1 atom stereocenters. The van der Waals surface area contributed by atoms with Crippen LogP contribution in [0.2, 0.25) is 10.0 Å². The summed E-state index contributed by atoms with van der Waals surface area (Å²) in [5.41, 5.74) is 3.17. The summed E-state index contributed by atoms with van der Waals surface area (Å²) in [6.07, 6.45) is 7.44. The minimum Gasteiger partial charge on any atom is -0.347 e. The third-order valence-electron chi connectivity index (χ3n) is 6.42. The van der Waals surface area contributed by atoms with E-state index in [9.17, 15) is 4.39 Å². The molecule has 0 aromatic heterocycles. The lowest BCUT2D eigenvalue weighted by molar-refractivity contribution is 0.293. The molecule has 3 nitrogen and oxygen atoms in total. The summed E-state index contributed by atoms with van der Waals surface area (Å²) in [6, 6.07) is 10.8. The number of nitrogens with one attached hydrogen (secondary N) is 2. The lowest BCUT2D eigenvalue weighted by atomic mass is 9.82. The lowest BCUT2D eigenvalue weighted by Gasteiger charge is -2.40. The van der Waals surface area contributed by atoms with Crippen LogP contribution in [-0.2, 0) is 0 Å². The van der Waals surface area contributed by atoms with Gasteiger partial charge in [0.2, 0.25) is 0 Å². The van der Waals surface area contributed by atoms with E-state index in [2.05, 4.69) is 15.5 Å². The Bertz CT molecular complexity index is 853. The van der Waals surface area contributed by atoms with Crippen molar-refractivity contribution in [2.45, 2.75) is 50.9 Å². The lowest BCUT2D eigenvalue weighted by Crippen LogP contribution is -2.49. The minimum atomic E-state index is -0.238. The van der Waals surface area contributed by atoms with Crippen molar-refractivity contribution in [3.8, 4) is 0 Å². The Kier molecular flexibility index (Phi) is 4.17. The molecule has 3 aliphatic rings. The molecule has 1 spiro atoms. The Morgan fingerprint density at radius 3 is 2.41 bits per heavy atom. The number of halogens is 3. The van der Waals surface area contributed by atoms with E-state index in [1.54, 1.807) is 6.07 Å². The fourth-order valence-electron chi connectivity index (χ4n) is 4.66. The molecule has 0 bridgehead atoms. The summed E-state index contributed by atoms with van der Waals surface area (Å²) in [7, 11) is 0. The smallest absolute Gasteiger partial charge is 0.176 e. The van der Waals surface area contributed by atoms with Gasteiger partial charge in [-0.05, 0) is 74.3 Å². The van der Waals surface area contributed by atoms with Crippen molar-refractivity contribution in [3.63, 3.8) is 0 Å². The largest absolute Gasteiger partial charge is 0.347 e. The van der Waals surface area contributed by atoms with Crippen molar-refractivity contribution in [2.75, 3.05) is 15.5 Å². The standard InChI is InChI=1S/C21H22Cl2FN3/c22-15-2-1-3-16(23)19(15)26-20-25-17-12-13(24)4-5-18(17)27(20)14-6-8-21(9-7-14)10-11-21/h1-5,12,14,20,25-26H,6-11H2. The molecule has 5 rings (SSSR count). The molecule has 2 aromatic carbocycles. The maximum atomic E-state index is 13.8. The number of para-hydroxylation sites is 1. The molecule has 1 unspecified atom stereocenters. The number of rotatable bonds is 3. The SMILES string of the molecule is Fc1ccc2c(c1)NC(Nc1c(Cl)cccc1Cl)N2C1CCC2(CC1)CC2. The molecule has 0 amide bonds. The average Bonchev–Trinajstić information content (AvgIpc) is 3.30. The van der Waals surface area contributed by atoms with Gasteiger partial charge in [0.05, 0.1) is 27.1 Å². The van der Waals surface area contributed by atoms with E-state index in [0.29, 0.717) is 27.2 Å². The molecule has 142 valence electrons. The van der Waals surface area contributed by atoms with Crippen LogP contribution >= 0.6 is 23.2 Å². The molecule has 0 radical (unpaired) electrons. The summed E-state index contributed by atoms with van der Waals surface area (Å²) < 4.78 is 13.8. The van der Waals surface area contributed by atoms with Crippen LogP contribution in [0.15, 0.2) is 36.4 Å². The molecule has 6 heteroatoms. The summed E-state index contributed by atoms with van der Waals surface area (Å²) in [5, 5.41) is 8.03. The maximum Gasteiger partial charge on any atom is 0.176 e. The van der Waals surface area contributed by atoms with Gasteiger partial charge in [0, 0.05) is 6.04 Å². The van der Waals surface area contributed by atoms with E-state index in [0.717, 1.165) is 24.2 Å². The van der Waals surface area contributed by atoms with Gasteiger partial charge in [-0.3, -0.25) is 0 Å². The van der Waals surface area contributed by atoms with E-state index < -0.39 is 0 Å². The first-order valence-electron chi connectivity index (χ1n) is 9.60. The quantitative estimate of drug-likeness (QED) is 0.611. The van der Waals surface area contributed by atoms with Crippen molar-refractivity contribution < 1.29 is 4.39 Å².